The van der Waals surface area contributed by atoms with Gasteiger partial charge in [-0.2, -0.15) is 5.10 Å². The molecule has 2 aromatic rings. The maximum absolute atomic E-state index is 12.4. The Bertz CT molecular complexity index is 736. The van der Waals surface area contributed by atoms with Gasteiger partial charge in [-0.1, -0.05) is 10.4 Å². The minimum atomic E-state index is -0.591. The van der Waals surface area contributed by atoms with E-state index in [9.17, 15) is 9.59 Å². The van der Waals surface area contributed by atoms with Gasteiger partial charge in [0.1, 0.15) is 0 Å². The van der Waals surface area contributed by atoms with E-state index in [1.165, 1.54) is 16.9 Å². The lowest BCUT2D eigenvalue weighted by Crippen LogP contribution is -2.25. The van der Waals surface area contributed by atoms with Gasteiger partial charge in [-0.3, -0.25) is 14.6 Å². The fraction of sp³-hybridized carbons (Fsp3) is 0.385. The van der Waals surface area contributed by atoms with Crippen LogP contribution in [0.25, 0.3) is 0 Å². The van der Waals surface area contributed by atoms with Gasteiger partial charge in [-0.15, -0.1) is 5.10 Å². The van der Waals surface area contributed by atoms with E-state index in [1.807, 2.05) is 0 Å². The third-order valence-electron chi connectivity index (χ3n) is 2.95. The summed E-state index contributed by atoms with van der Waals surface area (Å²) in [5.74, 6) is -0.887. The lowest BCUT2D eigenvalue weighted by molar-refractivity contribution is -0.148. The molecule has 128 valence electrons. The molecule has 2 rings (SSSR count). The van der Waals surface area contributed by atoms with Crippen molar-refractivity contribution in [2.45, 2.75) is 13.8 Å². The number of hydrogen-bond acceptors (Lipinski definition) is 8. The molecule has 0 saturated carbocycles. The number of carbonyl (C=O) groups excluding carboxylic acids is 2. The van der Waals surface area contributed by atoms with Gasteiger partial charge >= 0.3 is 5.97 Å². The highest BCUT2D eigenvalue weighted by molar-refractivity contribution is 6.48. The number of aromatic amines is 1. The van der Waals surface area contributed by atoms with Gasteiger partial charge in [-0.05, 0) is 19.9 Å². The molecule has 0 bridgehead atoms. The largest absolute Gasteiger partial charge is 0.463 e. The molecule has 0 radical (unpaired) electrons. The highest BCUT2D eigenvalue weighted by Gasteiger charge is 2.20. The van der Waals surface area contributed by atoms with Crippen LogP contribution in [-0.2, 0) is 26.2 Å². The number of carbonyl (C=O) groups is 2. The van der Waals surface area contributed by atoms with Crippen molar-refractivity contribution >= 4 is 23.4 Å². The third kappa shape index (κ3) is 4.15. The maximum Gasteiger partial charge on any atom is 0.347 e. The lowest BCUT2D eigenvalue weighted by atomic mass is 10.2. The number of nitrogens with one attached hydrogen (secondary N) is 2. The number of aromatic nitrogens is 5. The van der Waals surface area contributed by atoms with Crippen molar-refractivity contribution in [1.29, 1.82) is 0 Å². The van der Waals surface area contributed by atoms with Crippen LogP contribution >= 0.6 is 0 Å². The van der Waals surface area contributed by atoms with E-state index >= 15 is 0 Å². The van der Waals surface area contributed by atoms with Crippen LogP contribution in [0.5, 0.6) is 0 Å². The molecule has 0 atom stereocenters. The molecule has 0 aliphatic heterocycles. The van der Waals surface area contributed by atoms with Crippen LogP contribution in [0.3, 0.4) is 0 Å². The molecular weight excluding hydrogens is 318 g/mol. The second-order valence-corrected chi connectivity index (χ2v) is 4.59. The van der Waals surface area contributed by atoms with Gasteiger partial charge in [0.05, 0.1) is 18.0 Å². The second-order valence-electron chi connectivity index (χ2n) is 4.59. The Hall–Kier alpha value is -3.24. The number of oxime groups is 1. The molecule has 0 aliphatic rings. The summed E-state index contributed by atoms with van der Waals surface area (Å²) >= 11 is 0. The van der Waals surface area contributed by atoms with Gasteiger partial charge in [0.15, 0.2) is 11.5 Å². The summed E-state index contributed by atoms with van der Waals surface area (Å²) in [6.45, 7) is 3.24. The van der Waals surface area contributed by atoms with E-state index in [4.69, 9.17) is 9.57 Å². The zero-order chi connectivity index (χ0) is 17.5. The predicted octanol–water partition coefficient (Wildman–Crippen LogP) is -0.231. The van der Waals surface area contributed by atoms with Crippen LogP contribution < -0.4 is 5.32 Å². The summed E-state index contributed by atoms with van der Waals surface area (Å²) < 4.78 is 6.23. The first-order valence-electron chi connectivity index (χ1n) is 7.05. The van der Waals surface area contributed by atoms with Crippen LogP contribution in [0.2, 0.25) is 0 Å². The fourth-order valence-electron chi connectivity index (χ4n) is 1.64. The molecule has 2 aromatic heterocycles. The standard InChI is InChI=1S/C13H17N7O4/c1-4-23-10(21)7-24-18-11(9-5-6-14-16-9)13(22)15-12-8(2)20(3)19-17-12/h5-6H,4,7H2,1-3H3,(H,14,16)(H,15,22)/b18-11+. The first-order chi connectivity index (χ1) is 11.5. The average molecular weight is 335 g/mol. The monoisotopic (exact) mass is 335 g/mol. The van der Waals surface area contributed by atoms with Crippen molar-refractivity contribution in [2.24, 2.45) is 12.2 Å². The molecule has 0 unspecified atom stereocenters. The van der Waals surface area contributed by atoms with E-state index in [-0.39, 0.29) is 12.3 Å². The van der Waals surface area contributed by atoms with Crippen LogP contribution in [-0.4, -0.2) is 56.0 Å². The smallest absolute Gasteiger partial charge is 0.347 e. The van der Waals surface area contributed by atoms with E-state index in [1.54, 1.807) is 20.9 Å². The molecule has 0 saturated heterocycles. The van der Waals surface area contributed by atoms with E-state index < -0.39 is 18.5 Å². The quantitative estimate of drug-likeness (QED) is 0.405. The molecule has 1 amide bonds. The fourth-order valence-corrected chi connectivity index (χ4v) is 1.64. The number of ether oxygens (including phenoxy) is 1. The molecular formula is C13H17N7O4. The van der Waals surface area contributed by atoms with Crippen molar-refractivity contribution < 1.29 is 19.2 Å². The molecule has 2 N–H and O–H groups in total. The summed E-state index contributed by atoms with van der Waals surface area (Å²) in [5.41, 5.74) is 0.888. The zero-order valence-electron chi connectivity index (χ0n) is 13.4. The lowest BCUT2D eigenvalue weighted by Gasteiger charge is -2.05. The molecule has 24 heavy (non-hydrogen) atoms. The first kappa shape index (κ1) is 17.1. The van der Waals surface area contributed by atoms with E-state index in [0.29, 0.717) is 17.2 Å². The summed E-state index contributed by atoms with van der Waals surface area (Å²) in [4.78, 5) is 28.6. The van der Waals surface area contributed by atoms with Crippen molar-refractivity contribution in [3.63, 3.8) is 0 Å². The number of H-pyrrole nitrogens is 1. The Labute approximate surface area is 137 Å². The minimum Gasteiger partial charge on any atom is -0.463 e. The summed E-state index contributed by atoms with van der Waals surface area (Å²) in [6.07, 6.45) is 1.46. The molecule has 0 fully saturated rings. The number of anilines is 1. The Morgan fingerprint density at radius 2 is 2.25 bits per heavy atom. The number of esters is 1. The Kier molecular flexibility index (Phi) is 5.60. The van der Waals surface area contributed by atoms with Gasteiger partial charge < -0.3 is 14.9 Å². The van der Waals surface area contributed by atoms with Gasteiger partial charge in [0.25, 0.3) is 5.91 Å². The molecule has 0 aromatic carbocycles. The topological polar surface area (TPSA) is 136 Å². The molecule has 0 aliphatic carbocycles. The first-order valence-corrected chi connectivity index (χ1v) is 7.05. The molecule has 0 spiro atoms. The Morgan fingerprint density at radius 1 is 1.46 bits per heavy atom. The SMILES string of the molecule is CCOC(=O)CO/N=C(/C(=O)Nc1nnn(C)c1C)c1ccn[nH]1. The zero-order valence-corrected chi connectivity index (χ0v) is 13.4. The van der Waals surface area contributed by atoms with Gasteiger partial charge in [-0.25, -0.2) is 4.79 Å². The number of nitrogens with zero attached hydrogens (tertiary/aromatic N) is 5. The number of rotatable bonds is 7. The summed E-state index contributed by atoms with van der Waals surface area (Å²) in [6, 6.07) is 1.54. The van der Waals surface area contributed by atoms with Crippen molar-refractivity contribution in [3.8, 4) is 0 Å². The normalized spacial score (nSPS) is 11.2. The van der Waals surface area contributed by atoms with Crippen LogP contribution in [0.1, 0.15) is 18.3 Å². The van der Waals surface area contributed by atoms with Crippen LogP contribution in [0, 0.1) is 6.92 Å². The van der Waals surface area contributed by atoms with Crippen molar-refractivity contribution in [3.05, 3.63) is 23.7 Å². The van der Waals surface area contributed by atoms with Crippen LogP contribution in [0.15, 0.2) is 17.4 Å². The van der Waals surface area contributed by atoms with Crippen LogP contribution in [0.4, 0.5) is 5.82 Å². The predicted molar refractivity (Wildman–Crippen MR) is 82.1 cm³/mol. The number of hydrogen-bond donors (Lipinski definition) is 2. The van der Waals surface area contributed by atoms with Gasteiger partial charge in [0.2, 0.25) is 6.61 Å². The molecule has 11 nitrogen and oxygen atoms in total. The number of aryl methyl sites for hydroxylation is 1. The third-order valence-corrected chi connectivity index (χ3v) is 2.95. The average Bonchev–Trinajstić information content (AvgIpc) is 3.17. The Morgan fingerprint density at radius 3 is 2.83 bits per heavy atom. The molecule has 2 heterocycles. The van der Waals surface area contributed by atoms with E-state index in [2.05, 4.69) is 31.0 Å². The van der Waals surface area contributed by atoms with Crippen molar-refractivity contribution in [2.75, 3.05) is 18.5 Å². The maximum atomic E-state index is 12.4. The Balaban J connectivity index is 2.12. The molecule has 11 heteroatoms. The van der Waals surface area contributed by atoms with E-state index in [0.717, 1.165) is 0 Å². The van der Waals surface area contributed by atoms with Gasteiger partial charge in [0, 0.05) is 13.2 Å². The second kappa shape index (κ2) is 7.85. The number of amides is 1. The summed E-state index contributed by atoms with van der Waals surface area (Å²) in [7, 11) is 1.70. The highest BCUT2D eigenvalue weighted by Crippen LogP contribution is 2.09. The van der Waals surface area contributed by atoms with Crippen molar-refractivity contribution in [1.82, 2.24) is 25.2 Å². The minimum absolute atomic E-state index is 0.0955. The summed E-state index contributed by atoms with van der Waals surface area (Å²) in [5, 5.41) is 20.3. The highest BCUT2D eigenvalue weighted by atomic mass is 16.7.